The standard InChI is InChI=1S/C10H12N4O/c15-10(8-5-11-1-2-13-8)14-9-6-3-12-4-7(6)9/h1-2,5-7,9,12H,3-4H2,(H,14,15). The first-order valence-corrected chi connectivity index (χ1v) is 5.14. The quantitative estimate of drug-likeness (QED) is 0.676. The smallest absolute Gasteiger partial charge is 0.271 e. The van der Waals surface area contributed by atoms with Crippen LogP contribution < -0.4 is 10.6 Å². The fourth-order valence-electron chi connectivity index (χ4n) is 2.27. The van der Waals surface area contributed by atoms with E-state index in [0.717, 1.165) is 13.1 Å². The highest BCUT2D eigenvalue weighted by Gasteiger charge is 2.53. The molecule has 15 heavy (non-hydrogen) atoms. The monoisotopic (exact) mass is 204 g/mol. The van der Waals surface area contributed by atoms with Gasteiger partial charge in [0.1, 0.15) is 5.69 Å². The summed E-state index contributed by atoms with van der Waals surface area (Å²) in [6, 6.07) is 0.348. The summed E-state index contributed by atoms with van der Waals surface area (Å²) >= 11 is 0. The fraction of sp³-hybridized carbons (Fsp3) is 0.500. The largest absolute Gasteiger partial charge is 0.347 e. The van der Waals surface area contributed by atoms with E-state index in [2.05, 4.69) is 20.6 Å². The Hall–Kier alpha value is -1.49. The average Bonchev–Trinajstić information content (AvgIpc) is 2.75. The summed E-state index contributed by atoms with van der Waals surface area (Å²) in [6.45, 7) is 2.05. The molecule has 5 heteroatoms. The number of hydrogen-bond acceptors (Lipinski definition) is 4. The van der Waals surface area contributed by atoms with Crippen molar-refractivity contribution in [2.24, 2.45) is 11.8 Å². The molecule has 1 saturated carbocycles. The highest BCUT2D eigenvalue weighted by Crippen LogP contribution is 2.41. The molecule has 2 heterocycles. The molecule has 1 amide bonds. The molecule has 2 N–H and O–H groups in total. The van der Waals surface area contributed by atoms with Gasteiger partial charge in [-0.3, -0.25) is 9.78 Å². The topological polar surface area (TPSA) is 66.9 Å². The summed E-state index contributed by atoms with van der Waals surface area (Å²) in [5, 5.41) is 6.28. The van der Waals surface area contributed by atoms with Crippen molar-refractivity contribution in [3.8, 4) is 0 Å². The van der Waals surface area contributed by atoms with Gasteiger partial charge in [0.05, 0.1) is 6.20 Å². The van der Waals surface area contributed by atoms with E-state index < -0.39 is 0 Å². The lowest BCUT2D eigenvalue weighted by molar-refractivity contribution is 0.0941. The molecule has 0 aromatic carbocycles. The van der Waals surface area contributed by atoms with Crippen molar-refractivity contribution in [2.45, 2.75) is 6.04 Å². The number of fused-ring (bicyclic) bond motifs is 1. The summed E-state index contributed by atoms with van der Waals surface area (Å²) in [5.74, 6) is 1.15. The Kier molecular flexibility index (Phi) is 1.92. The van der Waals surface area contributed by atoms with Gasteiger partial charge in [-0.1, -0.05) is 0 Å². The Labute approximate surface area is 87.3 Å². The second kappa shape index (κ2) is 3.27. The minimum atomic E-state index is -0.109. The van der Waals surface area contributed by atoms with Crippen molar-refractivity contribution in [2.75, 3.05) is 13.1 Å². The van der Waals surface area contributed by atoms with Gasteiger partial charge in [-0.2, -0.15) is 0 Å². The zero-order chi connectivity index (χ0) is 10.3. The average molecular weight is 204 g/mol. The summed E-state index contributed by atoms with van der Waals surface area (Å²) in [6.07, 6.45) is 4.59. The molecular formula is C10H12N4O. The molecule has 2 atom stereocenters. The van der Waals surface area contributed by atoms with Gasteiger partial charge in [0.25, 0.3) is 5.91 Å². The van der Waals surface area contributed by atoms with E-state index in [1.165, 1.54) is 12.4 Å². The van der Waals surface area contributed by atoms with E-state index in [1.54, 1.807) is 6.20 Å². The number of aromatic nitrogens is 2. The van der Waals surface area contributed by atoms with Crippen molar-refractivity contribution in [1.82, 2.24) is 20.6 Å². The number of piperidine rings is 1. The molecular weight excluding hydrogens is 192 g/mol. The number of amides is 1. The van der Waals surface area contributed by atoms with Gasteiger partial charge in [0, 0.05) is 31.5 Å². The minimum absolute atomic E-state index is 0.109. The third-order valence-electron chi connectivity index (χ3n) is 3.19. The van der Waals surface area contributed by atoms with Gasteiger partial charge in [-0.05, 0) is 11.8 Å². The van der Waals surface area contributed by atoms with E-state index >= 15 is 0 Å². The number of hydrogen-bond donors (Lipinski definition) is 2. The first-order chi connectivity index (χ1) is 7.36. The first kappa shape index (κ1) is 8.79. The van der Waals surface area contributed by atoms with Gasteiger partial charge in [0.2, 0.25) is 0 Å². The van der Waals surface area contributed by atoms with E-state index in [9.17, 15) is 4.79 Å². The lowest BCUT2D eigenvalue weighted by atomic mass is 10.3. The van der Waals surface area contributed by atoms with Crippen LogP contribution in [-0.4, -0.2) is 35.0 Å². The molecule has 2 fully saturated rings. The maximum atomic E-state index is 11.7. The molecule has 1 aliphatic heterocycles. The van der Waals surface area contributed by atoms with E-state index in [-0.39, 0.29) is 5.91 Å². The van der Waals surface area contributed by atoms with Gasteiger partial charge in [-0.25, -0.2) is 4.98 Å². The lowest BCUT2D eigenvalue weighted by Gasteiger charge is -2.06. The van der Waals surface area contributed by atoms with Gasteiger partial charge in [-0.15, -0.1) is 0 Å². The second-order valence-electron chi connectivity index (χ2n) is 4.08. The van der Waals surface area contributed by atoms with Crippen molar-refractivity contribution in [3.05, 3.63) is 24.3 Å². The molecule has 1 saturated heterocycles. The van der Waals surface area contributed by atoms with Crippen LogP contribution in [0.25, 0.3) is 0 Å². The second-order valence-corrected chi connectivity index (χ2v) is 4.08. The summed E-state index contributed by atoms with van der Waals surface area (Å²) in [7, 11) is 0. The molecule has 0 radical (unpaired) electrons. The fourth-order valence-corrected chi connectivity index (χ4v) is 2.27. The summed E-state index contributed by atoms with van der Waals surface area (Å²) < 4.78 is 0. The van der Waals surface area contributed by atoms with Crippen LogP contribution in [0.4, 0.5) is 0 Å². The molecule has 0 spiro atoms. The van der Waals surface area contributed by atoms with Crippen molar-refractivity contribution in [3.63, 3.8) is 0 Å². The Bertz CT molecular complexity index is 370. The number of carbonyl (C=O) groups excluding carboxylic acids is 1. The molecule has 1 aromatic heterocycles. The zero-order valence-corrected chi connectivity index (χ0v) is 8.18. The van der Waals surface area contributed by atoms with Crippen LogP contribution in [0.2, 0.25) is 0 Å². The first-order valence-electron chi connectivity index (χ1n) is 5.14. The van der Waals surface area contributed by atoms with Crippen LogP contribution in [-0.2, 0) is 0 Å². The van der Waals surface area contributed by atoms with Crippen molar-refractivity contribution in [1.29, 1.82) is 0 Å². The Balaban J connectivity index is 1.63. The van der Waals surface area contributed by atoms with Gasteiger partial charge in [0.15, 0.2) is 0 Å². The Morgan fingerprint density at radius 3 is 2.87 bits per heavy atom. The minimum Gasteiger partial charge on any atom is -0.347 e. The van der Waals surface area contributed by atoms with Crippen LogP contribution in [0, 0.1) is 11.8 Å². The molecule has 5 nitrogen and oxygen atoms in total. The van der Waals surface area contributed by atoms with Gasteiger partial charge >= 0.3 is 0 Å². The van der Waals surface area contributed by atoms with Crippen LogP contribution in [0.5, 0.6) is 0 Å². The van der Waals surface area contributed by atoms with E-state index in [0.29, 0.717) is 23.6 Å². The van der Waals surface area contributed by atoms with Crippen LogP contribution in [0.15, 0.2) is 18.6 Å². The van der Waals surface area contributed by atoms with Crippen molar-refractivity contribution >= 4 is 5.91 Å². The summed E-state index contributed by atoms with van der Waals surface area (Å²) in [5.41, 5.74) is 0.399. The number of nitrogens with one attached hydrogen (secondary N) is 2. The zero-order valence-electron chi connectivity index (χ0n) is 8.18. The third kappa shape index (κ3) is 1.48. The predicted molar refractivity (Wildman–Crippen MR) is 53.1 cm³/mol. The Morgan fingerprint density at radius 2 is 2.20 bits per heavy atom. The highest BCUT2D eigenvalue weighted by atomic mass is 16.2. The van der Waals surface area contributed by atoms with Crippen molar-refractivity contribution < 1.29 is 4.79 Å². The van der Waals surface area contributed by atoms with E-state index in [1.807, 2.05) is 0 Å². The number of carbonyl (C=O) groups is 1. The van der Waals surface area contributed by atoms with E-state index in [4.69, 9.17) is 0 Å². The molecule has 1 aliphatic carbocycles. The lowest BCUT2D eigenvalue weighted by Crippen LogP contribution is -2.33. The number of nitrogens with zero attached hydrogens (tertiary/aromatic N) is 2. The normalized spacial score (nSPS) is 32.1. The maximum absolute atomic E-state index is 11.7. The van der Waals surface area contributed by atoms with Crippen LogP contribution in [0.3, 0.4) is 0 Å². The molecule has 2 unspecified atom stereocenters. The highest BCUT2D eigenvalue weighted by molar-refractivity contribution is 5.92. The molecule has 1 aromatic rings. The SMILES string of the molecule is O=C(NC1C2CNCC21)c1cnccn1. The predicted octanol–water partition coefficient (Wildman–Crippen LogP) is -0.576. The third-order valence-corrected chi connectivity index (χ3v) is 3.19. The Morgan fingerprint density at radius 1 is 1.40 bits per heavy atom. The maximum Gasteiger partial charge on any atom is 0.271 e. The van der Waals surface area contributed by atoms with Gasteiger partial charge < -0.3 is 10.6 Å². The molecule has 3 rings (SSSR count). The number of rotatable bonds is 2. The molecule has 78 valence electrons. The molecule has 0 bridgehead atoms. The molecule has 2 aliphatic rings. The van der Waals surface area contributed by atoms with Crippen LogP contribution >= 0.6 is 0 Å². The van der Waals surface area contributed by atoms with Crippen LogP contribution in [0.1, 0.15) is 10.5 Å². The summed E-state index contributed by atoms with van der Waals surface area (Å²) in [4.78, 5) is 19.5.